The predicted octanol–water partition coefficient (Wildman–Crippen LogP) is 4.25. The predicted molar refractivity (Wildman–Crippen MR) is 102 cm³/mol. The Balaban J connectivity index is 2.41. The van der Waals surface area contributed by atoms with Gasteiger partial charge in [0.15, 0.2) is 0 Å². The molecule has 0 bridgehead atoms. The second-order valence-corrected chi connectivity index (χ2v) is 12.6. The van der Waals surface area contributed by atoms with Gasteiger partial charge in [0, 0.05) is 0 Å². The van der Waals surface area contributed by atoms with Crippen LogP contribution in [-0.2, 0) is 9.22 Å². The van der Waals surface area contributed by atoms with Crippen molar-refractivity contribution in [2.24, 2.45) is 0 Å². The van der Waals surface area contributed by atoms with Gasteiger partial charge in [0.2, 0.25) is 0 Å². The van der Waals surface area contributed by atoms with Crippen LogP contribution in [0.2, 0.25) is 0 Å². The summed E-state index contributed by atoms with van der Waals surface area (Å²) in [5, 5.41) is 4.77. The number of fused-ring (bicyclic) bond motifs is 2. The molecule has 0 atom stereocenters. The molecule has 0 saturated heterocycles. The van der Waals surface area contributed by atoms with E-state index in [0.29, 0.717) is 19.8 Å². The van der Waals surface area contributed by atoms with Gasteiger partial charge in [0.05, 0.1) is 0 Å². The van der Waals surface area contributed by atoms with Gasteiger partial charge >= 0.3 is 149 Å². The standard InChI is InChI=1S/C14H9.3C2H5O.Sn/c1-2-6-12-10-14-8-4-3-7-13(14)9-11(12)5-1;3*1-2-3;/h1-9H;3*2H2,1H3;/q;3*-1;+3. The Morgan fingerprint density at radius 2 is 1.08 bits per heavy atom. The fourth-order valence-electron chi connectivity index (χ4n) is 3.26. The van der Waals surface area contributed by atoms with Crippen LogP contribution < -0.4 is 3.58 Å². The van der Waals surface area contributed by atoms with Crippen molar-refractivity contribution < 1.29 is 9.22 Å². The zero-order valence-corrected chi connectivity index (χ0v) is 17.4. The van der Waals surface area contributed by atoms with Crippen LogP contribution in [-0.4, -0.2) is 39.4 Å². The third kappa shape index (κ3) is 3.18. The Morgan fingerprint density at radius 3 is 1.50 bits per heavy atom. The first-order valence-corrected chi connectivity index (χ1v) is 13.5. The van der Waals surface area contributed by atoms with Gasteiger partial charge in [0.25, 0.3) is 0 Å². The summed E-state index contributed by atoms with van der Waals surface area (Å²) in [7, 11) is 0. The van der Waals surface area contributed by atoms with Gasteiger partial charge < -0.3 is 0 Å². The third-order valence-corrected chi connectivity index (χ3v) is 13.1. The van der Waals surface area contributed by atoms with Crippen molar-refractivity contribution in [2.45, 2.75) is 20.8 Å². The monoisotopic (exact) mass is 432 g/mol. The third-order valence-electron chi connectivity index (χ3n) is 4.08. The Labute approximate surface area is 149 Å². The van der Waals surface area contributed by atoms with Crippen molar-refractivity contribution in [1.29, 1.82) is 0 Å². The molecule has 0 aliphatic heterocycles. The average Bonchev–Trinajstić information content (AvgIpc) is 2.60. The van der Waals surface area contributed by atoms with Crippen molar-refractivity contribution in [2.75, 3.05) is 19.8 Å². The normalized spacial score (nSPS) is 12.1. The molecule has 0 radical (unpaired) electrons. The van der Waals surface area contributed by atoms with E-state index in [1.807, 2.05) is 20.8 Å². The van der Waals surface area contributed by atoms with E-state index in [1.165, 1.54) is 21.5 Å². The molecule has 0 unspecified atom stereocenters. The minimum absolute atomic E-state index is 0.591. The molecule has 24 heavy (non-hydrogen) atoms. The maximum absolute atomic E-state index is 6.28. The summed E-state index contributed by atoms with van der Waals surface area (Å²) in [4.78, 5) is 0. The number of hydrogen-bond donors (Lipinski definition) is 0. The van der Waals surface area contributed by atoms with Crippen LogP contribution in [0.15, 0.2) is 54.6 Å². The molecule has 0 N–H and O–H groups in total. The van der Waals surface area contributed by atoms with Crippen LogP contribution in [0.5, 0.6) is 0 Å². The quantitative estimate of drug-likeness (QED) is 0.414. The molecule has 3 rings (SSSR count). The molecule has 3 nitrogen and oxygen atoms in total. The first-order chi connectivity index (χ1) is 11.8. The molecule has 0 heterocycles. The molecule has 0 aliphatic carbocycles. The molecule has 126 valence electrons. The van der Waals surface area contributed by atoms with E-state index in [4.69, 9.17) is 9.22 Å². The number of benzene rings is 3. The summed E-state index contributed by atoms with van der Waals surface area (Å²) in [5.74, 6) is 0. The topological polar surface area (TPSA) is 27.7 Å². The zero-order chi connectivity index (χ0) is 17.0. The van der Waals surface area contributed by atoms with E-state index in [1.54, 1.807) is 0 Å². The fraction of sp³-hybridized carbons (Fsp3) is 0.300. The Hall–Kier alpha value is -1.14. The molecule has 0 saturated carbocycles. The van der Waals surface area contributed by atoms with E-state index in [-0.39, 0.29) is 0 Å². The summed E-state index contributed by atoms with van der Waals surface area (Å²) in [6.07, 6.45) is 0. The first kappa shape index (κ1) is 17.7. The fourth-order valence-corrected chi connectivity index (χ4v) is 11.6. The van der Waals surface area contributed by atoms with Crippen LogP contribution in [0.4, 0.5) is 0 Å². The SMILES string of the molecule is CC[O][Sn]([O]CC)([O]CC)[c]1c2ccccc2cc2ccccc12. The second-order valence-electron chi connectivity index (χ2n) is 5.55. The van der Waals surface area contributed by atoms with Gasteiger partial charge in [-0.15, -0.1) is 0 Å². The van der Waals surface area contributed by atoms with Crippen molar-refractivity contribution in [3.05, 3.63) is 54.6 Å². The van der Waals surface area contributed by atoms with Crippen LogP contribution in [0.3, 0.4) is 0 Å². The van der Waals surface area contributed by atoms with Gasteiger partial charge in [-0.1, -0.05) is 0 Å². The van der Waals surface area contributed by atoms with E-state index >= 15 is 0 Å². The number of hydrogen-bond acceptors (Lipinski definition) is 3. The van der Waals surface area contributed by atoms with E-state index in [2.05, 4.69) is 54.6 Å². The summed E-state index contributed by atoms with van der Waals surface area (Å²) < 4.78 is 20.0. The molecule has 0 fully saturated rings. The molecule has 3 aromatic carbocycles. The van der Waals surface area contributed by atoms with Crippen LogP contribution in [0.25, 0.3) is 21.5 Å². The Kier molecular flexibility index (Phi) is 5.76. The van der Waals surface area contributed by atoms with E-state index in [9.17, 15) is 0 Å². The van der Waals surface area contributed by atoms with E-state index in [0.717, 1.165) is 3.58 Å². The van der Waals surface area contributed by atoms with Gasteiger partial charge in [-0.3, -0.25) is 0 Å². The van der Waals surface area contributed by atoms with Crippen LogP contribution in [0.1, 0.15) is 20.8 Å². The van der Waals surface area contributed by atoms with Gasteiger partial charge in [0.1, 0.15) is 0 Å². The van der Waals surface area contributed by atoms with Crippen molar-refractivity contribution in [3.8, 4) is 0 Å². The average molecular weight is 431 g/mol. The van der Waals surface area contributed by atoms with Gasteiger partial charge in [-0.05, 0) is 0 Å². The van der Waals surface area contributed by atoms with Crippen LogP contribution in [0, 0.1) is 0 Å². The van der Waals surface area contributed by atoms with Gasteiger partial charge in [-0.25, -0.2) is 0 Å². The molecule has 0 amide bonds. The van der Waals surface area contributed by atoms with E-state index < -0.39 is 19.6 Å². The second kappa shape index (κ2) is 7.83. The molecular formula is C20H24O3Sn. The summed E-state index contributed by atoms with van der Waals surface area (Å²) in [6, 6.07) is 19.1. The summed E-state index contributed by atoms with van der Waals surface area (Å²) in [5.41, 5.74) is 0. The van der Waals surface area contributed by atoms with Crippen molar-refractivity contribution >= 4 is 44.7 Å². The minimum atomic E-state index is -3.92. The first-order valence-electron chi connectivity index (χ1n) is 8.58. The molecule has 0 spiro atoms. The van der Waals surface area contributed by atoms with Crippen molar-refractivity contribution in [3.63, 3.8) is 0 Å². The maximum atomic E-state index is 6.28. The molecule has 0 aliphatic rings. The summed E-state index contributed by atoms with van der Waals surface area (Å²) >= 11 is -3.92. The molecular weight excluding hydrogens is 407 g/mol. The molecule has 3 aromatic rings. The molecule has 0 aromatic heterocycles. The number of rotatable bonds is 7. The Bertz CT molecular complexity index is 760. The van der Waals surface area contributed by atoms with Crippen LogP contribution >= 0.6 is 0 Å². The Morgan fingerprint density at radius 1 is 0.667 bits per heavy atom. The zero-order valence-electron chi connectivity index (χ0n) is 14.5. The van der Waals surface area contributed by atoms with Gasteiger partial charge in [-0.2, -0.15) is 0 Å². The molecule has 4 heteroatoms. The summed E-state index contributed by atoms with van der Waals surface area (Å²) in [6.45, 7) is 7.81. The van der Waals surface area contributed by atoms with Crippen molar-refractivity contribution in [1.82, 2.24) is 0 Å².